The van der Waals surface area contributed by atoms with Crippen molar-refractivity contribution in [1.29, 1.82) is 0 Å². The second-order valence-electron chi connectivity index (χ2n) is 5.96. The van der Waals surface area contributed by atoms with E-state index < -0.39 is 0 Å². The van der Waals surface area contributed by atoms with Gasteiger partial charge in [0.1, 0.15) is 0 Å². The fourth-order valence-electron chi connectivity index (χ4n) is 2.54. The summed E-state index contributed by atoms with van der Waals surface area (Å²) in [5.74, 6) is 0.234. The number of aromatic nitrogens is 2. The summed E-state index contributed by atoms with van der Waals surface area (Å²) in [4.78, 5) is 20.8. The molecular formula is C20H20N4O. The standard InChI is InChI=1S/C20H20N4O/c1-13-7-4-5-10-17(13)23-19(25)16-11-21-20(22-12-16)24-18-14(2)8-6-9-15(18)3/h4-12H,1-3H3,(H,23,25)(H,21,22,24). The SMILES string of the molecule is Cc1ccccc1NC(=O)c1cnc(Nc2c(C)cccc2C)nc1. The molecule has 0 bridgehead atoms. The fourth-order valence-corrected chi connectivity index (χ4v) is 2.54. The zero-order chi connectivity index (χ0) is 17.8. The first-order chi connectivity index (χ1) is 12.0. The van der Waals surface area contributed by atoms with E-state index in [1.165, 1.54) is 12.4 Å². The molecule has 0 aliphatic carbocycles. The van der Waals surface area contributed by atoms with Gasteiger partial charge in [-0.15, -0.1) is 0 Å². The minimum atomic E-state index is -0.229. The van der Waals surface area contributed by atoms with Gasteiger partial charge >= 0.3 is 0 Å². The van der Waals surface area contributed by atoms with Crippen molar-refractivity contribution in [1.82, 2.24) is 9.97 Å². The molecule has 0 unspecified atom stereocenters. The first-order valence-corrected chi connectivity index (χ1v) is 8.07. The van der Waals surface area contributed by atoms with Crippen molar-refractivity contribution in [2.45, 2.75) is 20.8 Å². The Morgan fingerprint density at radius 2 is 1.44 bits per heavy atom. The minimum Gasteiger partial charge on any atom is -0.324 e. The van der Waals surface area contributed by atoms with Crippen LogP contribution in [-0.4, -0.2) is 15.9 Å². The largest absolute Gasteiger partial charge is 0.324 e. The molecule has 1 amide bonds. The monoisotopic (exact) mass is 332 g/mol. The minimum absolute atomic E-state index is 0.229. The van der Waals surface area contributed by atoms with Crippen molar-refractivity contribution in [3.63, 3.8) is 0 Å². The number of carbonyl (C=O) groups is 1. The summed E-state index contributed by atoms with van der Waals surface area (Å²) in [5, 5.41) is 6.09. The van der Waals surface area contributed by atoms with Crippen LogP contribution in [0.1, 0.15) is 27.0 Å². The quantitative estimate of drug-likeness (QED) is 0.743. The molecule has 5 heteroatoms. The number of anilines is 3. The molecule has 3 rings (SSSR count). The normalized spacial score (nSPS) is 10.4. The number of para-hydroxylation sites is 2. The first kappa shape index (κ1) is 16.6. The molecule has 2 aromatic carbocycles. The lowest BCUT2D eigenvalue weighted by Gasteiger charge is -2.11. The highest BCUT2D eigenvalue weighted by atomic mass is 16.1. The highest BCUT2D eigenvalue weighted by molar-refractivity contribution is 6.04. The second-order valence-corrected chi connectivity index (χ2v) is 5.96. The Labute approximate surface area is 147 Å². The van der Waals surface area contributed by atoms with Crippen LogP contribution < -0.4 is 10.6 Å². The molecular weight excluding hydrogens is 312 g/mol. The van der Waals surface area contributed by atoms with Gasteiger partial charge in [0.15, 0.2) is 0 Å². The molecule has 0 radical (unpaired) electrons. The van der Waals surface area contributed by atoms with Gasteiger partial charge in [-0.1, -0.05) is 36.4 Å². The maximum atomic E-state index is 12.3. The Bertz CT molecular complexity index is 884. The van der Waals surface area contributed by atoms with Crippen LogP contribution in [-0.2, 0) is 0 Å². The van der Waals surface area contributed by atoms with E-state index in [-0.39, 0.29) is 5.91 Å². The number of nitrogens with zero attached hydrogens (tertiary/aromatic N) is 2. The van der Waals surface area contributed by atoms with Crippen molar-refractivity contribution in [3.05, 3.63) is 77.1 Å². The summed E-state index contributed by atoms with van der Waals surface area (Å²) in [6.07, 6.45) is 3.05. The van der Waals surface area contributed by atoms with Gasteiger partial charge < -0.3 is 10.6 Å². The van der Waals surface area contributed by atoms with Crippen molar-refractivity contribution in [3.8, 4) is 0 Å². The lowest BCUT2D eigenvalue weighted by molar-refractivity contribution is 0.102. The molecule has 3 aromatic rings. The summed E-state index contributed by atoms with van der Waals surface area (Å²) in [6.45, 7) is 6.00. The lowest BCUT2D eigenvalue weighted by atomic mass is 10.1. The lowest BCUT2D eigenvalue weighted by Crippen LogP contribution is -2.14. The van der Waals surface area contributed by atoms with Crippen LogP contribution in [0.2, 0.25) is 0 Å². The fraction of sp³-hybridized carbons (Fsp3) is 0.150. The van der Waals surface area contributed by atoms with Gasteiger partial charge in [0.2, 0.25) is 5.95 Å². The molecule has 0 fully saturated rings. The highest BCUT2D eigenvalue weighted by Crippen LogP contribution is 2.22. The molecule has 1 heterocycles. The van der Waals surface area contributed by atoms with Crippen LogP contribution in [0, 0.1) is 20.8 Å². The van der Waals surface area contributed by atoms with Crippen LogP contribution in [0.25, 0.3) is 0 Å². The van der Waals surface area contributed by atoms with E-state index in [9.17, 15) is 4.79 Å². The van der Waals surface area contributed by atoms with Gasteiger partial charge in [0.05, 0.1) is 5.56 Å². The number of amides is 1. The van der Waals surface area contributed by atoms with Crippen molar-refractivity contribution in [2.24, 2.45) is 0 Å². The summed E-state index contributed by atoms with van der Waals surface area (Å²) in [6, 6.07) is 13.7. The van der Waals surface area contributed by atoms with Gasteiger partial charge in [-0.25, -0.2) is 9.97 Å². The summed E-state index contributed by atoms with van der Waals surface area (Å²) in [7, 11) is 0. The maximum Gasteiger partial charge on any atom is 0.258 e. The van der Waals surface area contributed by atoms with E-state index in [2.05, 4.69) is 20.6 Å². The molecule has 25 heavy (non-hydrogen) atoms. The Kier molecular flexibility index (Phi) is 4.75. The van der Waals surface area contributed by atoms with Gasteiger partial charge in [-0.05, 0) is 43.5 Å². The van der Waals surface area contributed by atoms with E-state index in [0.717, 1.165) is 28.1 Å². The summed E-state index contributed by atoms with van der Waals surface area (Å²) < 4.78 is 0. The Morgan fingerprint density at radius 1 is 0.840 bits per heavy atom. The summed E-state index contributed by atoms with van der Waals surface area (Å²) >= 11 is 0. The van der Waals surface area contributed by atoms with Crippen molar-refractivity contribution >= 4 is 23.2 Å². The Hall–Kier alpha value is -3.21. The van der Waals surface area contributed by atoms with E-state index >= 15 is 0 Å². The van der Waals surface area contributed by atoms with Gasteiger partial charge in [-0.2, -0.15) is 0 Å². The third-order valence-electron chi connectivity index (χ3n) is 4.03. The average molecular weight is 332 g/mol. The number of hydrogen-bond donors (Lipinski definition) is 2. The predicted molar refractivity (Wildman–Crippen MR) is 100 cm³/mol. The third kappa shape index (κ3) is 3.83. The maximum absolute atomic E-state index is 12.3. The van der Waals surface area contributed by atoms with Gasteiger partial charge in [-0.3, -0.25) is 4.79 Å². The zero-order valence-corrected chi connectivity index (χ0v) is 14.5. The van der Waals surface area contributed by atoms with E-state index in [0.29, 0.717) is 11.5 Å². The number of hydrogen-bond acceptors (Lipinski definition) is 4. The van der Waals surface area contributed by atoms with Crippen molar-refractivity contribution in [2.75, 3.05) is 10.6 Å². The number of nitrogens with one attached hydrogen (secondary N) is 2. The molecule has 2 N–H and O–H groups in total. The molecule has 0 aliphatic rings. The molecule has 5 nitrogen and oxygen atoms in total. The van der Waals surface area contributed by atoms with E-state index in [1.54, 1.807) is 0 Å². The summed E-state index contributed by atoms with van der Waals surface area (Å²) in [5.41, 5.74) is 5.42. The average Bonchev–Trinajstić information content (AvgIpc) is 2.61. The molecule has 0 saturated carbocycles. The van der Waals surface area contributed by atoms with Crippen LogP contribution >= 0.6 is 0 Å². The molecule has 0 saturated heterocycles. The predicted octanol–water partition coefficient (Wildman–Crippen LogP) is 4.40. The number of carbonyl (C=O) groups excluding carboxylic acids is 1. The van der Waals surface area contributed by atoms with E-state index in [1.807, 2.05) is 63.2 Å². The van der Waals surface area contributed by atoms with Crippen LogP contribution in [0.5, 0.6) is 0 Å². The molecule has 0 atom stereocenters. The zero-order valence-electron chi connectivity index (χ0n) is 14.5. The number of aryl methyl sites for hydroxylation is 3. The van der Waals surface area contributed by atoms with Gasteiger partial charge in [0, 0.05) is 23.8 Å². The topological polar surface area (TPSA) is 66.9 Å². The van der Waals surface area contributed by atoms with Crippen molar-refractivity contribution < 1.29 is 4.79 Å². The Balaban J connectivity index is 1.74. The molecule has 0 spiro atoms. The first-order valence-electron chi connectivity index (χ1n) is 8.07. The third-order valence-corrected chi connectivity index (χ3v) is 4.03. The molecule has 126 valence electrons. The van der Waals surface area contributed by atoms with Gasteiger partial charge in [0.25, 0.3) is 5.91 Å². The number of benzene rings is 2. The molecule has 0 aliphatic heterocycles. The van der Waals surface area contributed by atoms with E-state index in [4.69, 9.17) is 0 Å². The van der Waals surface area contributed by atoms with Crippen LogP contribution in [0.3, 0.4) is 0 Å². The Morgan fingerprint density at radius 3 is 2.08 bits per heavy atom. The highest BCUT2D eigenvalue weighted by Gasteiger charge is 2.10. The van der Waals surface area contributed by atoms with Crippen LogP contribution in [0.15, 0.2) is 54.9 Å². The second kappa shape index (κ2) is 7.13. The number of rotatable bonds is 4. The molecule has 1 aromatic heterocycles. The van der Waals surface area contributed by atoms with Crippen LogP contribution in [0.4, 0.5) is 17.3 Å². The smallest absolute Gasteiger partial charge is 0.258 e.